The number of aryl methyl sites for hydroxylation is 1. The molecule has 1 fully saturated rings. The first-order chi connectivity index (χ1) is 21.7. The number of carbonyl (C=O) groups is 3. The summed E-state index contributed by atoms with van der Waals surface area (Å²) in [5.74, 6) is -0.605. The minimum Gasteiger partial charge on any atom is -0.390 e. The molecule has 0 saturated carbocycles. The Bertz CT molecular complexity index is 1370. The standard InChI is InChI=1S/C37H48N4O4/c1-27(2)24-37(40-28(3)42)21-22-41(36(37)45)33(20-19-29-13-7-4-8-14-29)35(44)39-32(23-30-15-9-5-10-16-30)34(43)26-38-25-31-17-11-6-12-18-31/h4-18,27,32-34,38,43H,19-26H2,1-3H3,(H,39,44)(H,40,42)/t32-,33-,34+,37-/m0/s1. The highest BCUT2D eigenvalue weighted by Gasteiger charge is 2.50. The van der Waals surface area contributed by atoms with E-state index in [-0.39, 0.29) is 30.2 Å². The van der Waals surface area contributed by atoms with Gasteiger partial charge in [-0.3, -0.25) is 14.4 Å². The molecule has 0 radical (unpaired) electrons. The molecule has 45 heavy (non-hydrogen) atoms. The fourth-order valence-electron chi connectivity index (χ4n) is 6.39. The van der Waals surface area contributed by atoms with Crippen LogP contribution in [0.5, 0.6) is 0 Å². The Labute approximate surface area is 267 Å². The van der Waals surface area contributed by atoms with Crippen LogP contribution in [0.2, 0.25) is 0 Å². The van der Waals surface area contributed by atoms with Crippen LogP contribution in [0.25, 0.3) is 0 Å². The van der Waals surface area contributed by atoms with Gasteiger partial charge >= 0.3 is 0 Å². The predicted molar refractivity (Wildman–Crippen MR) is 177 cm³/mol. The summed E-state index contributed by atoms with van der Waals surface area (Å²) in [6, 6.07) is 28.3. The van der Waals surface area contributed by atoms with E-state index in [2.05, 4.69) is 16.0 Å². The molecule has 0 spiro atoms. The highest BCUT2D eigenvalue weighted by molar-refractivity contribution is 5.96. The zero-order chi connectivity index (χ0) is 32.2. The largest absolute Gasteiger partial charge is 0.390 e. The Hall–Kier alpha value is -4.01. The van der Waals surface area contributed by atoms with E-state index in [1.807, 2.05) is 105 Å². The first kappa shape index (κ1) is 33.9. The van der Waals surface area contributed by atoms with E-state index >= 15 is 0 Å². The molecular weight excluding hydrogens is 564 g/mol. The van der Waals surface area contributed by atoms with E-state index in [0.29, 0.717) is 45.2 Å². The number of aliphatic hydroxyl groups is 1. The van der Waals surface area contributed by atoms with Crippen molar-refractivity contribution in [1.29, 1.82) is 0 Å². The van der Waals surface area contributed by atoms with Gasteiger partial charge in [0.1, 0.15) is 11.6 Å². The van der Waals surface area contributed by atoms with Crippen molar-refractivity contribution in [2.45, 2.75) is 83.1 Å². The Kier molecular flexibility index (Phi) is 12.3. The van der Waals surface area contributed by atoms with Crippen molar-refractivity contribution >= 4 is 17.7 Å². The molecule has 240 valence electrons. The summed E-state index contributed by atoms with van der Waals surface area (Å²) in [6.07, 6.45) is 1.52. The summed E-state index contributed by atoms with van der Waals surface area (Å²) in [5.41, 5.74) is 2.13. The highest BCUT2D eigenvalue weighted by Crippen LogP contribution is 2.32. The van der Waals surface area contributed by atoms with Crippen LogP contribution in [0.3, 0.4) is 0 Å². The van der Waals surface area contributed by atoms with Gasteiger partial charge < -0.3 is 26.0 Å². The average molecular weight is 613 g/mol. The van der Waals surface area contributed by atoms with Gasteiger partial charge in [-0.05, 0) is 54.7 Å². The Morgan fingerprint density at radius 2 is 1.47 bits per heavy atom. The zero-order valence-electron chi connectivity index (χ0n) is 26.7. The van der Waals surface area contributed by atoms with Crippen LogP contribution in [0.1, 0.15) is 56.7 Å². The number of hydrogen-bond acceptors (Lipinski definition) is 5. The summed E-state index contributed by atoms with van der Waals surface area (Å²) < 4.78 is 0. The van der Waals surface area contributed by atoms with E-state index in [0.717, 1.165) is 16.7 Å². The number of carbonyl (C=O) groups excluding carboxylic acids is 3. The second-order valence-electron chi connectivity index (χ2n) is 12.6. The third kappa shape index (κ3) is 9.74. The SMILES string of the molecule is CC(=O)N[C@]1(CC(C)C)CCN([C@@H](CCc2ccccc2)C(=O)N[C@@H](Cc2ccccc2)[C@H](O)CNCc2ccccc2)C1=O. The van der Waals surface area contributed by atoms with Gasteiger partial charge in [0.05, 0.1) is 12.1 Å². The maximum atomic E-state index is 14.2. The number of hydrogen-bond donors (Lipinski definition) is 4. The first-order valence-electron chi connectivity index (χ1n) is 16.1. The lowest BCUT2D eigenvalue weighted by atomic mass is 9.87. The summed E-state index contributed by atoms with van der Waals surface area (Å²) in [7, 11) is 0. The van der Waals surface area contributed by atoms with Gasteiger partial charge in [0.25, 0.3) is 0 Å². The lowest BCUT2D eigenvalue weighted by molar-refractivity contribution is -0.143. The maximum absolute atomic E-state index is 14.2. The lowest BCUT2D eigenvalue weighted by Gasteiger charge is -2.34. The van der Waals surface area contributed by atoms with Crippen LogP contribution in [0.4, 0.5) is 0 Å². The minimum absolute atomic E-state index is 0.172. The van der Waals surface area contributed by atoms with Crippen LogP contribution in [0.15, 0.2) is 91.0 Å². The highest BCUT2D eigenvalue weighted by atomic mass is 16.3. The molecular formula is C37H48N4O4. The molecule has 0 aliphatic carbocycles. The lowest BCUT2D eigenvalue weighted by Crippen LogP contribution is -2.59. The van der Waals surface area contributed by atoms with E-state index in [9.17, 15) is 19.5 Å². The van der Waals surface area contributed by atoms with Gasteiger partial charge in [-0.2, -0.15) is 0 Å². The fourth-order valence-corrected chi connectivity index (χ4v) is 6.39. The van der Waals surface area contributed by atoms with Crippen molar-refractivity contribution < 1.29 is 19.5 Å². The molecule has 3 aromatic rings. The van der Waals surface area contributed by atoms with Crippen LogP contribution in [-0.4, -0.2) is 64.5 Å². The van der Waals surface area contributed by atoms with Gasteiger partial charge in [0.15, 0.2) is 0 Å². The number of likely N-dealkylation sites (tertiary alicyclic amines) is 1. The molecule has 0 aromatic heterocycles. The van der Waals surface area contributed by atoms with Crippen molar-refractivity contribution in [2.75, 3.05) is 13.1 Å². The second kappa shape index (κ2) is 16.3. The van der Waals surface area contributed by atoms with Crippen molar-refractivity contribution in [3.63, 3.8) is 0 Å². The number of amides is 3. The second-order valence-corrected chi connectivity index (χ2v) is 12.6. The predicted octanol–water partition coefficient (Wildman–Crippen LogP) is 4.02. The van der Waals surface area contributed by atoms with Gasteiger partial charge in [-0.15, -0.1) is 0 Å². The van der Waals surface area contributed by atoms with Crippen LogP contribution in [-0.2, 0) is 33.8 Å². The molecule has 3 amide bonds. The normalized spacial score (nSPS) is 18.4. The third-order valence-electron chi connectivity index (χ3n) is 8.47. The first-order valence-corrected chi connectivity index (χ1v) is 16.1. The molecule has 8 nitrogen and oxygen atoms in total. The molecule has 1 aliphatic rings. The smallest absolute Gasteiger partial charge is 0.249 e. The maximum Gasteiger partial charge on any atom is 0.249 e. The molecule has 4 N–H and O–H groups in total. The number of rotatable bonds is 16. The summed E-state index contributed by atoms with van der Waals surface area (Å²) in [6.45, 7) is 6.72. The summed E-state index contributed by atoms with van der Waals surface area (Å²) in [5, 5.41) is 20.8. The molecule has 8 heteroatoms. The van der Waals surface area contributed by atoms with Gasteiger partial charge in [0.2, 0.25) is 17.7 Å². The zero-order valence-corrected chi connectivity index (χ0v) is 26.7. The Morgan fingerprint density at radius 3 is 2.04 bits per heavy atom. The van der Waals surface area contributed by atoms with Crippen molar-refractivity contribution in [3.05, 3.63) is 108 Å². The number of benzene rings is 3. The number of nitrogens with zero attached hydrogens (tertiary/aromatic N) is 1. The van der Waals surface area contributed by atoms with Crippen molar-refractivity contribution in [2.24, 2.45) is 5.92 Å². The molecule has 4 atom stereocenters. The Balaban J connectivity index is 1.56. The summed E-state index contributed by atoms with van der Waals surface area (Å²) >= 11 is 0. The van der Waals surface area contributed by atoms with Crippen LogP contribution in [0, 0.1) is 5.92 Å². The van der Waals surface area contributed by atoms with Crippen molar-refractivity contribution in [3.8, 4) is 0 Å². The minimum atomic E-state index is -1.03. The number of nitrogens with one attached hydrogen (secondary N) is 3. The molecule has 1 aliphatic heterocycles. The molecule has 3 aromatic carbocycles. The van der Waals surface area contributed by atoms with E-state index < -0.39 is 23.7 Å². The van der Waals surface area contributed by atoms with Gasteiger partial charge in [0, 0.05) is 26.6 Å². The molecule has 1 heterocycles. The van der Waals surface area contributed by atoms with Gasteiger partial charge in [-0.25, -0.2) is 0 Å². The van der Waals surface area contributed by atoms with Crippen LogP contribution >= 0.6 is 0 Å². The van der Waals surface area contributed by atoms with Crippen molar-refractivity contribution in [1.82, 2.24) is 20.9 Å². The Morgan fingerprint density at radius 1 is 0.889 bits per heavy atom. The van der Waals surface area contributed by atoms with E-state index in [1.54, 1.807) is 4.90 Å². The molecule has 4 rings (SSSR count). The summed E-state index contributed by atoms with van der Waals surface area (Å²) in [4.78, 5) is 42.2. The third-order valence-corrected chi connectivity index (χ3v) is 8.47. The van der Waals surface area contributed by atoms with Crippen LogP contribution < -0.4 is 16.0 Å². The topological polar surface area (TPSA) is 111 Å². The van der Waals surface area contributed by atoms with E-state index in [1.165, 1.54) is 6.92 Å². The fraction of sp³-hybridized carbons (Fsp3) is 0.432. The molecule has 1 saturated heterocycles. The molecule has 0 unspecified atom stereocenters. The molecule has 0 bridgehead atoms. The number of aliphatic hydroxyl groups excluding tert-OH is 1. The van der Waals surface area contributed by atoms with E-state index in [4.69, 9.17) is 0 Å². The van der Waals surface area contributed by atoms with Gasteiger partial charge in [-0.1, -0.05) is 105 Å². The monoisotopic (exact) mass is 612 g/mol. The average Bonchev–Trinajstić information content (AvgIpc) is 3.31. The quantitative estimate of drug-likeness (QED) is 0.195.